The van der Waals surface area contributed by atoms with Crippen LogP contribution in [0.15, 0.2) is 22.5 Å². The van der Waals surface area contributed by atoms with E-state index in [4.69, 9.17) is 4.74 Å². The minimum Gasteiger partial charge on any atom is -0.507 e. The molecule has 0 radical (unpaired) electrons. The van der Waals surface area contributed by atoms with Gasteiger partial charge >= 0.3 is 5.97 Å². The van der Waals surface area contributed by atoms with Crippen LogP contribution in [0.1, 0.15) is 60.8 Å². The number of aliphatic hydroxyl groups excluding tert-OH is 2. The Hall–Kier alpha value is -1.95. The Morgan fingerprint density at radius 2 is 1.75 bits per heavy atom. The van der Waals surface area contributed by atoms with Crippen molar-refractivity contribution >= 4 is 17.5 Å². The molecule has 0 spiro atoms. The number of Topliss-reactive ketones (excluding diaryl/α,β-unsaturated/α-hetero) is 2. The number of carbonyl (C=O) groups is 3. The molecule has 28 heavy (non-hydrogen) atoms. The van der Waals surface area contributed by atoms with E-state index in [0.717, 1.165) is 12.8 Å². The number of ether oxygens (including phenoxy) is 1. The third-order valence-corrected chi connectivity index (χ3v) is 6.88. The molecule has 2 N–H and O–H groups in total. The van der Waals surface area contributed by atoms with Gasteiger partial charge in [0.05, 0.1) is 6.10 Å². The smallest absolute Gasteiger partial charge is 0.303 e. The van der Waals surface area contributed by atoms with Crippen molar-refractivity contribution in [1.29, 1.82) is 0 Å². The Bertz CT molecular complexity index is 815. The van der Waals surface area contributed by atoms with Crippen molar-refractivity contribution < 1.29 is 29.3 Å². The quantitative estimate of drug-likeness (QED) is 0.427. The molecule has 4 atom stereocenters. The summed E-state index contributed by atoms with van der Waals surface area (Å²) in [4.78, 5) is 37.9. The van der Waals surface area contributed by atoms with Gasteiger partial charge in [-0.1, -0.05) is 41.0 Å². The zero-order chi connectivity index (χ0) is 21.2. The van der Waals surface area contributed by atoms with Crippen LogP contribution in [-0.2, 0) is 19.1 Å². The van der Waals surface area contributed by atoms with Gasteiger partial charge in [-0.2, -0.15) is 0 Å². The summed E-state index contributed by atoms with van der Waals surface area (Å²) in [7, 11) is 0. The highest BCUT2D eigenvalue weighted by Gasteiger charge is 2.62. The summed E-state index contributed by atoms with van der Waals surface area (Å²) < 4.78 is 5.44. The number of allylic oxidation sites excluding steroid dienone is 2. The number of fused-ring (bicyclic) bond motifs is 2. The molecule has 0 bridgehead atoms. The molecule has 3 aliphatic rings. The van der Waals surface area contributed by atoms with Crippen LogP contribution in [-0.4, -0.2) is 40.0 Å². The Balaban J connectivity index is 2.36. The van der Waals surface area contributed by atoms with Crippen LogP contribution in [0.2, 0.25) is 0 Å². The van der Waals surface area contributed by atoms with E-state index in [0.29, 0.717) is 6.42 Å². The van der Waals surface area contributed by atoms with Gasteiger partial charge in [0.2, 0.25) is 11.6 Å². The lowest BCUT2D eigenvalue weighted by Crippen LogP contribution is -2.60. The molecule has 6 heteroatoms. The first-order valence-corrected chi connectivity index (χ1v) is 9.97. The maximum absolute atomic E-state index is 13.3. The van der Waals surface area contributed by atoms with Gasteiger partial charge in [0, 0.05) is 35.0 Å². The summed E-state index contributed by atoms with van der Waals surface area (Å²) in [6, 6.07) is 0. The van der Waals surface area contributed by atoms with Crippen molar-refractivity contribution in [2.45, 2.75) is 73.0 Å². The van der Waals surface area contributed by atoms with E-state index in [1.165, 1.54) is 6.92 Å². The van der Waals surface area contributed by atoms with Gasteiger partial charge in [-0.3, -0.25) is 14.4 Å². The Morgan fingerprint density at radius 1 is 1.14 bits per heavy atom. The van der Waals surface area contributed by atoms with Crippen molar-refractivity contribution in [3.8, 4) is 0 Å². The summed E-state index contributed by atoms with van der Waals surface area (Å²) in [5, 5.41) is 22.3. The summed E-state index contributed by atoms with van der Waals surface area (Å²) in [5.41, 5.74) is -0.757. The molecule has 0 aromatic carbocycles. The Labute approximate surface area is 165 Å². The van der Waals surface area contributed by atoms with E-state index in [2.05, 4.69) is 0 Å². The zero-order valence-electron chi connectivity index (χ0n) is 17.5. The average molecular weight is 390 g/mol. The van der Waals surface area contributed by atoms with Gasteiger partial charge in [0.15, 0.2) is 6.10 Å². The predicted molar refractivity (Wildman–Crippen MR) is 102 cm³/mol. The maximum Gasteiger partial charge on any atom is 0.303 e. The molecule has 154 valence electrons. The van der Waals surface area contributed by atoms with Crippen LogP contribution in [0.4, 0.5) is 0 Å². The third-order valence-electron chi connectivity index (χ3n) is 6.88. The van der Waals surface area contributed by atoms with Crippen molar-refractivity contribution in [2.75, 3.05) is 0 Å². The minimum atomic E-state index is -1.17. The first-order valence-electron chi connectivity index (χ1n) is 9.97. The van der Waals surface area contributed by atoms with E-state index in [9.17, 15) is 24.6 Å². The summed E-state index contributed by atoms with van der Waals surface area (Å²) >= 11 is 0. The molecule has 1 fully saturated rings. The van der Waals surface area contributed by atoms with Crippen molar-refractivity contribution in [3.05, 3.63) is 22.5 Å². The molecule has 1 saturated carbocycles. The second-order valence-electron chi connectivity index (χ2n) is 9.62. The van der Waals surface area contributed by atoms with Gasteiger partial charge in [-0.25, -0.2) is 0 Å². The topological polar surface area (TPSA) is 101 Å². The number of hydrogen-bond donors (Lipinski definition) is 2. The molecule has 6 nitrogen and oxygen atoms in total. The van der Waals surface area contributed by atoms with Crippen molar-refractivity contribution in [1.82, 2.24) is 0 Å². The van der Waals surface area contributed by atoms with E-state index in [1.54, 1.807) is 13.8 Å². The van der Waals surface area contributed by atoms with Crippen LogP contribution < -0.4 is 0 Å². The van der Waals surface area contributed by atoms with Crippen LogP contribution in [0.3, 0.4) is 0 Å². The van der Waals surface area contributed by atoms with Crippen LogP contribution in [0.25, 0.3) is 0 Å². The number of carbonyl (C=O) groups excluding carboxylic acids is 3. The lowest BCUT2D eigenvalue weighted by atomic mass is 9.47. The van der Waals surface area contributed by atoms with Gasteiger partial charge in [0.1, 0.15) is 5.76 Å². The largest absolute Gasteiger partial charge is 0.507 e. The SMILES string of the molecule is CC(=O)O[C@H]1C2=C(C(=O)C(=O)C(C(C)C)=C2O)[C@@]2(C)CCCC(C)(C)[C@H]2[C@@H]1O. The van der Waals surface area contributed by atoms with Gasteiger partial charge in [-0.05, 0) is 24.2 Å². The van der Waals surface area contributed by atoms with E-state index in [1.807, 2.05) is 20.8 Å². The third kappa shape index (κ3) is 2.76. The normalized spacial score (nSPS) is 35.1. The lowest BCUT2D eigenvalue weighted by Gasteiger charge is -2.58. The van der Waals surface area contributed by atoms with Gasteiger partial charge in [-0.15, -0.1) is 0 Å². The van der Waals surface area contributed by atoms with Crippen molar-refractivity contribution in [3.63, 3.8) is 0 Å². The highest BCUT2D eigenvalue weighted by Crippen LogP contribution is 2.61. The number of rotatable bonds is 2. The zero-order valence-corrected chi connectivity index (χ0v) is 17.5. The standard InChI is InChI=1S/C22H30O6/c1-10(2)12-15(24)13-14(17(26)16(12)25)22(6)9-7-8-21(4,5)20(22)18(27)19(13)28-11(3)23/h10,18-20,24,27H,7-9H2,1-6H3/t18-,19+,20-,22-/m1/s1. The molecule has 0 saturated heterocycles. The molecule has 0 heterocycles. The second kappa shape index (κ2) is 6.55. The number of ketones is 2. The molecular weight excluding hydrogens is 360 g/mol. The minimum absolute atomic E-state index is 0.0187. The van der Waals surface area contributed by atoms with Crippen LogP contribution in [0, 0.1) is 22.7 Å². The molecule has 0 unspecified atom stereocenters. The van der Waals surface area contributed by atoms with E-state index < -0.39 is 35.2 Å². The monoisotopic (exact) mass is 390 g/mol. The predicted octanol–water partition coefficient (Wildman–Crippen LogP) is 3.04. The molecule has 0 amide bonds. The second-order valence-corrected chi connectivity index (χ2v) is 9.62. The Kier molecular flexibility index (Phi) is 4.86. The van der Waals surface area contributed by atoms with Gasteiger partial charge in [0.25, 0.3) is 0 Å². The highest BCUT2D eigenvalue weighted by molar-refractivity contribution is 6.50. The first-order chi connectivity index (χ1) is 12.8. The summed E-state index contributed by atoms with van der Waals surface area (Å²) in [5.74, 6) is -3.05. The average Bonchev–Trinajstić information content (AvgIpc) is 2.53. The number of esters is 1. The van der Waals surface area contributed by atoms with Crippen LogP contribution in [0.5, 0.6) is 0 Å². The molecule has 0 aromatic rings. The van der Waals surface area contributed by atoms with E-state index >= 15 is 0 Å². The van der Waals surface area contributed by atoms with E-state index in [-0.39, 0.29) is 39.7 Å². The van der Waals surface area contributed by atoms with Crippen LogP contribution >= 0.6 is 0 Å². The first kappa shape index (κ1) is 20.8. The molecule has 0 aliphatic heterocycles. The molecule has 3 rings (SSSR count). The Morgan fingerprint density at radius 3 is 2.29 bits per heavy atom. The highest BCUT2D eigenvalue weighted by atomic mass is 16.6. The maximum atomic E-state index is 13.3. The fourth-order valence-corrected chi connectivity index (χ4v) is 5.97. The molecule has 3 aliphatic carbocycles. The lowest BCUT2D eigenvalue weighted by molar-refractivity contribution is -0.166. The number of aliphatic hydroxyl groups is 2. The number of hydrogen-bond acceptors (Lipinski definition) is 6. The molecular formula is C22H30O6. The summed E-state index contributed by atoms with van der Waals surface area (Å²) in [6.07, 6.45) is 0.0481. The fourth-order valence-electron chi connectivity index (χ4n) is 5.97. The fraction of sp³-hybridized carbons (Fsp3) is 0.682. The molecule has 0 aromatic heterocycles. The summed E-state index contributed by atoms with van der Waals surface area (Å²) in [6.45, 7) is 10.6. The van der Waals surface area contributed by atoms with Gasteiger partial charge < -0.3 is 14.9 Å². The van der Waals surface area contributed by atoms with Crippen molar-refractivity contribution in [2.24, 2.45) is 22.7 Å².